The van der Waals surface area contributed by atoms with Gasteiger partial charge in [0.1, 0.15) is 6.04 Å². The zero-order valence-corrected chi connectivity index (χ0v) is 15.4. The molecule has 25 heavy (non-hydrogen) atoms. The summed E-state index contributed by atoms with van der Waals surface area (Å²) in [6.07, 6.45) is 5.29. The first kappa shape index (κ1) is 19.7. The van der Waals surface area contributed by atoms with E-state index in [-0.39, 0.29) is 30.3 Å². The van der Waals surface area contributed by atoms with Gasteiger partial charge in [0.05, 0.1) is 0 Å². The van der Waals surface area contributed by atoms with Crippen molar-refractivity contribution >= 4 is 24.2 Å². The van der Waals surface area contributed by atoms with E-state index < -0.39 is 6.04 Å². The average Bonchev–Trinajstić information content (AvgIpc) is 3.28. The van der Waals surface area contributed by atoms with E-state index in [1.807, 2.05) is 35.2 Å². The zero-order chi connectivity index (χ0) is 16.8. The number of nitrogens with one attached hydrogen (secondary N) is 2. The highest BCUT2D eigenvalue weighted by Crippen LogP contribution is 2.13. The molecule has 1 aromatic carbocycles. The first-order chi connectivity index (χ1) is 11.7. The monoisotopic (exact) mass is 365 g/mol. The number of rotatable bonds is 6. The summed E-state index contributed by atoms with van der Waals surface area (Å²) in [6.45, 7) is 2.60. The Morgan fingerprint density at radius 1 is 1.16 bits per heavy atom. The van der Waals surface area contributed by atoms with Crippen LogP contribution in [-0.4, -0.2) is 48.4 Å². The Hall–Kier alpha value is -1.59. The van der Waals surface area contributed by atoms with Crippen molar-refractivity contribution in [2.24, 2.45) is 0 Å². The molecule has 2 unspecified atom stereocenters. The average molecular weight is 366 g/mol. The maximum Gasteiger partial charge on any atom is 0.245 e. The van der Waals surface area contributed by atoms with Crippen molar-refractivity contribution in [2.75, 3.05) is 19.6 Å². The van der Waals surface area contributed by atoms with Gasteiger partial charge in [0.25, 0.3) is 0 Å². The maximum absolute atomic E-state index is 12.8. The Morgan fingerprint density at radius 2 is 1.88 bits per heavy atom. The number of amides is 2. The van der Waals surface area contributed by atoms with Crippen molar-refractivity contribution in [3.63, 3.8) is 0 Å². The predicted octanol–water partition coefficient (Wildman–Crippen LogP) is 1.90. The van der Waals surface area contributed by atoms with Gasteiger partial charge in [-0.3, -0.25) is 9.59 Å². The third-order valence-corrected chi connectivity index (χ3v) is 4.93. The van der Waals surface area contributed by atoms with Crippen LogP contribution >= 0.6 is 12.4 Å². The van der Waals surface area contributed by atoms with Crippen LogP contribution in [0.3, 0.4) is 0 Å². The number of carbonyl (C=O) groups is 2. The fraction of sp³-hybridized carbons (Fsp3) is 0.579. The van der Waals surface area contributed by atoms with Gasteiger partial charge in [0.15, 0.2) is 0 Å². The minimum atomic E-state index is -0.459. The zero-order valence-electron chi connectivity index (χ0n) is 14.6. The summed E-state index contributed by atoms with van der Waals surface area (Å²) in [4.78, 5) is 27.1. The van der Waals surface area contributed by atoms with Crippen molar-refractivity contribution in [2.45, 2.75) is 50.6 Å². The van der Waals surface area contributed by atoms with Gasteiger partial charge in [-0.2, -0.15) is 0 Å². The summed E-state index contributed by atoms with van der Waals surface area (Å²) in [7, 11) is 0. The molecule has 2 aliphatic rings. The van der Waals surface area contributed by atoms with Crippen LogP contribution in [0.2, 0.25) is 0 Å². The third-order valence-electron chi connectivity index (χ3n) is 4.93. The second kappa shape index (κ2) is 9.78. The summed E-state index contributed by atoms with van der Waals surface area (Å²) in [5, 5.41) is 6.34. The number of hydrogen-bond donors (Lipinski definition) is 2. The number of halogens is 1. The highest BCUT2D eigenvalue weighted by atomic mass is 35.5. The Balaban J connectivity index is 0.00000225. The third kappa shape index (κ3) is 5.72. The molecule has 2 N–H and O–H groups in total. The molecule has 1 aromatic rings. The fourth-order valence-electron chi connectivity index (χ4n) is 3.62. The van der Waals surface area contributed by atoms with Crippen LogP contribution in [0.1, 0.15) is 37.7 Å². The number of hydrogen-bond acceptors (Lipinski definition) is 3. The molecule has 0 bridgehead atoms. The van der Waals surface area contributed by atoms with E-state index in [4.69, 9.17) is 0 Å². The van der Waals surface area contributed by atoms with E-state index in [1.165, 1.54) is 0 Å². The Morgan fingerprint density at radius 3 is 2.52 bits per heavy atom. The molecule has 2 amide bonds. The maximum atomic E-state index is 12.8. The van der Waals surface area contributed by atoms with Crippen LogP contribution in [0.25, 0.3) is 0 Å². The van der Waals surface area contributed by atoms with Crippen molar-refractivity contribution in [1.82, 2.24) is 15.5 Å². The standard InChI is InChI=1S/C19H27N3O2.ClH/c23-18(14-16-9-6-10-20-16)21-17(13-15-7-2-1-3-8-15)19(24)22-11-4-5-12-22;/h1-3,7-8,16-17,20H,4-6,9-14H2,(H,21,23);1H. The Labute approximate surface area is 155 Å². The van der Waals surface area contributed by atoms with E-state index >= 15 is 0 Å². The van der Waals surface area contributed by atoms with Crippen LogP contribution in [0, 0.1) is 0 Å². The van der Waals surface area contributed by atoms with E-state index in [0.717, 1.165) is 50.9 Å². The summed E-state index contributed by atoms with van der Waals surface area (Å²) < 4.78 is 0. The first-order valence-electron chi connectivity index (χ1n) is 9.08. The minimum Gasteiger partial charge on any atom is -0.344 e. The smallest absolute Gasteiger partial charge is 0.245 e. The molecular weight excluding hydrogens is 338 g/mol. The summed E-state index contributed by atoms with van der Waals surface area (Å²) >= 11 is 0. The number of benzene rings is 1. The van der Waals surface area contributed by atoms with Gasteiger partial charge < -0.3 is 15.5 Å². The summed E-state index contributed by atoms with van der Waals surface area (Å²) in [5.41, 5.74) is 1.08. The molecule has 0 aromatic heterocycles. The van der Waals surface area contributed by atoms with Crippen molar-refractivity contribution in [3.8, 4) is 0 Å². The van der Waals surface area contributed by atoms with E-state index in [0.29, 0.717) is 12.8 Å². The number of likely N-dealkylation sites (tertiary alicyclic amines) is 1. The Bertz CT molecular complexity index is 555. The molecule has 0 aliphatic carbocycles. The lowest BCUT2D eigenvalue weighted by Crippen LogP contribution is -2.49. The molecular formula is C19H28ClN3O2. The second-order valence-corrected chi connectivity index (χ2v) is 6.84. The number of nitrogens with zero attached hydrogens (tertiary/aromatic N) is 1. The normalized spacial score (nSPS) is 20.8. The van der Waals surface area contributed by atoms with Gasteiger partial charge in [-0.25, -0.2) is 0 Å². The minimum absolute atomic E-state index is 0. The molecule has 2 saturated heterocycles. The fourth-order valence-corrected chi connectivity index (χ4v) is 3.62. The molecule has 0 spiro atoms. The molecule has 2 atom stereocenters. The lowest BCUT2D eigenvalue weighted by atomic mass is 10.0. The highest BCUT2D eigenvalue weighted by Gasteiger charge is 2.28. The first-order valence-corrected chi connectivity index (χ1v) is 9.08. The van der Waals surface area contributed by atoms with E-state index in [9.17, 15) is 9.59 Å². The highest BCUT2D eigenvalue weighted by molar-refractivity contribution is 5.88. The van der Waals surface area contributed by atoms with E-state index in [1.54, 1.807) is 0 Å². The van der Waals surface area contributed by atoms with Gasteiger partial charge in [-0.1, -0.05) is 30.3 Å². The van der Waals surface area contributed by atoms with Gasteiger partial charge in [-0.05, 0) is 37.8 Å². The molecule has 138 valence electrons. The van der Waals surface area contributed by atoms with Crippen molar-refractivity contribution < 1.29 is 9.59 Å². The van der Waals surface area contributed by atoms with Crippen LogP contribution in [0.15, 0.2) is 30.3 Å². The molecule has 0 saturated carbocycles. The van der Waals surface area contributed by atoms with Crippen LogP contribution in [0.4, 0.5) is 0 Å². The number of carbonyl (C=O) groups excluding carboxylic acids is 2. The van der Waals surface area contributed by atoms with E-state index in [2.05, 4.69) is 10.6 Å². The topological polar surface area (TPSA) is 61.4 Å². The molecule has 6 heteroatoms. The quantitative estimate of drug-likeness (QED) is 0.809. The van der Waals surface area contributed by atoms with Crippen LogP contribution in [0.5, 0.6) is 0 Å². The molecule has 2 fully saturated rings. The largest absolute Gasteiger partial charge is 0.344 e. The Kier molecular flexibility index (Phi) is 7.72. The van der Waals surface area contributed by atoms with Crippen molar-refractivity contribution in [1.29, 1.82) is 0 Å². The van der Waals surface area contributed by atoms with Gasteiger partial charge >= 0.3 is 0 Å². The van der Waals surface area contributed by atoms with Crippen LogP contribution < -0.4 is 10.6 Å². The van der Waals surface area contributed by atoms with Crippen molar-refractivity contribution in [3.05, 3.63) is 35.9 Å². The van der Waals surface area contributed by atoms with Gasteiger partial charge in [0.2, 0.25) is 11.8 Å². The summed E-state index contributed by atoms with van der Waals surface area (Å²) in [6, 6.07) is 9.71. The second-order valence-electron chi connectivity index (χ2n) is 6.84. The SMILES string of the molecule is Cl.O=C(CC1CCCN1)NC(Cc1ccccc1)C(=O)N1CCCC1. The van der Waals surface area contributed by atoms with Gasteiger partial charge in [0, 0.05) is 32.0 Å². The lowest BCUT2D eigenvalue weighted by Gasteiger charge is -2.24. The summed E-state index contributed by atoms with van der Waals surface area (Å²) in [5.74, 6) is 0.0342. The van der Waals surface area contributed by atoms with Gasteiger partial charge in [-0.15, -0.1) is 12.4 Å². The lowest BCUT2D eigenvalue weighted by molar-refractivity contribution is -0.135. The molecule has 5 nitrogen and oxygen atoms in total. The van der Waals surface area contributed by atoms with Crippen LogP contribution in [-0.2, 0) is 16.0 Å². The molecule has 2 aliphatic heterocycles. The molecule has 0 radical (unpaired) electrons. The molecule has 2 heterocycles. The predicted molar refractivity (Wildman–Crippen MR) is 101 cm³/mol. The molecule has 3 rings (SSSR count).